The predicted octanol–water partition coefficient (Wildman–Crippen LogP) is 4.73. The second-order valence-electron chi connectivity index (χ2n) is 6.42. The number of nitrogens with zero attached hydrogens (tertiary/aromatic N) is 1. The van der Waals surface area contributed by atoms with Crippen LogP contribution in [0, 0.1) is 0 Å². The molecule has 2 aromatic carbocycles. The predicted molar refractivity (Wildman–Crippen MR) is 109 cm³/mol. The Balaban J connectivity index is 1.63. The van der Waals surface area contributed by atoms with E-state index < -0.39 is 6.10 Å². The molecule has 3 aromatic rings. The Hall–Kier alpha value is -2.18. The van der Waals surface area contributed by atoms with Gasteiger partial charge in [-0.05, 0) is 36.4 Å². The number of ether oxygens (including phenoxy) is 1. The van der Waals surface area contributed by atoms with Gasteiger partial charge in [0.2, 0.25) is 0 Å². The van der Waals surface area contributed by atoms with E-state index in [1.807, 2.05) is 29.2 Å². The number of rotatable bonds is 9. The fourth-order valence-corrected chi connectivity index (χ4v) is 3.29. The summed E-state index contributed by atoms with van der Waals surface area (Å²) in [5.74, 6) is 1.44. The normalized spacial score (nSPS) is 12.3. The monoisotopic (exact) mass is 421 g/mol. The molecule has 5 nitrogen and oxygen atoms in total. The third kappa shape index (κ3) is 5.91. The van der Waals surface area contributed by atoms with Gasteiger partial charge in [-0.15, -0.1) is 0 Å². The van der Waals surface area contributed by atoms with E-state index in [1.54, 1.807) is 36.6 Å². The number of halogens is 2. The van der Waals surface area contributed by atoms with E-state index in [-0.39, 0.29) is 12.4 Å². The molecule has 0 bridgehead atoms. The van der Waals surface area contributed by atoms with Crippen LogP contribution < -0.4 is 4.74 Å². The molecular weight excluding hydrogens is 401 g/mol. The average Bonchev–Trinajstić information content (AvgIpc) is 3.16. The highest BCUT2D eigenvalue weighted by molar-refractivity contribution is 6.35. The molecule has 1 atom stereocenters. The van der Waals surface area contributed by atoms with E-state index in [9.17, 15) is 10.2 Å². The van der Waals surface area contributed by atoms with Crippen LogP contribution in [0.4, 0.5) is 0 Å². The third-order valence-corrected chi connectivity index (χ3v) is 4.67. The summed E-state index contributed by atoms with van der Waals surface area (Å²) >= 11 is 12.0. The molecule has 0 aliphatic heterocycles. The number of furan rings is 1. The second-order valence-corrected chi connectivity index (χ2v) is 7.26. The Bertz CT molecular complexity index is 886. The minimum absolute atomic E-state index is 0.0662. The minimum atomic E-state index is -0.771. The molecule has 1 heterocycles. The van der Waals surface area contributed by atoms with Gasteiger partial charge in [-0.1, -0.05) is 41.4 Å². The smallest absolute Gasteiger partial charge is 0.138 e. The summed E-state index contributed by atoms with van der Waals surface area (Å²) in [6.07, 6.45) is 0.836. The number of phenolic OH excluding ortho intramolecular Hbond substituents is 1. The lowest BCUT2D eigenvalue weighted by atomic mass is 10.1. The largest absolute Gasteiger partial charge is 0.508 e. The van der Waals surface area contributed by atoms with Gasteiger partial charge in [0.05, 0.1) is 17.8 Å². The van der Waals surface area contributed by atoms with Crippen LogP contribution >= 0.6 is 23.2 Å². The highest BCUT2D eigenvalue weighted by atomic mass is 35.5. The van der Waals surface area contributed by atoms with Crippen molar-refractivity contribution in [2.45, 2.75) is 19.2 Å². The molecule has 0 radical (unpaired) electrons. The fourth-order valence-electron chi connectivity index (χ4n) is 2.82. The van der Waals surface area contributed by atoms with Gasteiger partial charge < -0.3 is 19.4 Å². The molecule has 3 rings (SSSR count). The van der Waals surface area contributed by atoms with Crippen molar-refractivity contribution >= 4 is 23.2 Å². The zero-order valence-electron chi connectivity index (χ0n) is 15.1. The van der Waals surface area contributed by atoms with E-state index in [0.717, 1.165) is 11.3 Å². The van der Waals surface area contributed by atoms with Crippen LogP contribution in [0.5, 0.6) is 11.5 Å². The van der Waals surface area contributed by atoms with Gasteiger partial charge >= 0.3 is 0 Å². The Morgan fingerprint density at radius 2 is 1.86 bits per heavy atom. The highest BCUT2D eigenvalue weighted by Crippen LogP contribution is 2.27. The molecule has 2 N–H and O–H groups in total. The van der Waals surface area contributed by atoms with Crippen LogP contribution in [0.25, 0.3) is 0 Å². The van der Waals surface area contributed by atoms with Gasteiger partial charge in [0.1, 0.15) is 30.0 Å². The molecule has 0 saturated carbocycles. The summed E-state index contributed by atoms with van der Waals surface area (Å²) < 4.78 is 11.0. The molecule has 0 amide bonds. The number of para-hydroxylation sites is 1. The lowest BCUT2D eigenvalue weighted by Gasteiger charge is -2.25. The van der Waals surface area contributed by atoms with Crippen LogP contribution in [0.3, 0.4) is 0 Å². The molecule has 0 saturated heterocycles. The van der Waals surface area contributed by atoms with Crippen LogP contribution in [-0.2, 0) is 13.1 Å². The lowest BCUT2D eigenvalue weighted by molar-refractivity contribution is 0.0602. The van der Waals surface area contributed by atoms with Gasteiger partial charge in [0.15, 0.2) is 0 Å². The minimum Gasteiger partial charge on any atom is -0.508 e. The molecule has 148 valence electrons. The second kappa shape index (κ2) is 9.85. The SMILES string of the molecule is Oc1ccccc1CN(Cc1ccco1)C[C@@H](O)COc1ccc(Cl)cc1Cl. The quantitative estimate of drug-likeness (QED) is 0.522. The van der Waals surface area contributed by atoms with Crippen LogP contribution in [0.1, 0.15) is 11.3 Å². The molecular formula is C21H21Cl2NO4. The topological polar surface area (TPSA) is 66.1 Å². The van der Waals surface area contributed by atoms with Crippen LogP contribution in [0.2, 0.25) is 10.0 Å². The first-order valence-electron chi connectivity index (χ1n) is 8.79. The molecule has 7 heteroatoms. The van der Waals surface area contributed by atoms with Crippen LogP contribution in [-0.4, -0.2) is 34.4 Å². The zero-order valence-corrected chi connectivity index (χ0v) is 16.6. The summed E-state index contributed by atoms with van der Waals surface area (Å²) in [6.45, 7) is 1.32. The van der Waals surface area contributed by atoms with Crippen molar-refractivity contribution in [2.75, 3.05) is 13.2 Å². The standard InChI is InChI=1S/C21H21Cl2NO4/c22-16-7-8-21(19(23)10-16)28-14-17(25)12-24(13-18-5-3-9-27-18)11-15-4-1-2-6-20(15)26/h1-10,17,25-26H,11-14H2/t17-/m1/s1. The molecule has 0 fully saturated rings. The number of hydrogen-bond donors (Lipinski definition) is 2. The van der Waals surface area contributed by atoms with Gasteiger partial charge in [0, 0.05) is 23.7 Å². The maximum atomic E-state index is 10.5. The van der Waals surface area contributed by atoms with Crippen molar-refractivity contribution in [2.24, 2.45) is 0 Å². The van der Waals surface area contributed by atoms with Crippen molar-refractivity contribution in [1.82, 2.24) is 4.90 Å². The van der Waals surface area contributed by atoms with E-state index in [4.69, 9.17) is 32.4 Å². The van der Waals surface area contributed by atoms with E-state index in [1.165, 1.54) is 0 Å². The summed E-state index contributed by atoms with van der Waals surface area (Å²) in [4.78, 5) is 1.98. The van der Waals surface area contributed by atoms with E-state index in [0.29, 0.717) is 35.4 Å². The first-order chi connectivity index (χ1) is 13.5. The number of aliphatic hydroxyl groups is 1. The highest BCUT2D eigenvalue weighted by Gasteiger charge is 2.17. The Labute approximate surface area is 173 Å². The first-order valence-corrected chi connectivity index (χ1v) is 9.54. The number of benzene rings is 2. The molecule has 28 heavy (non-hydrogen) atoms. The van der Waals surface area contributed by atoms with Crippen molar-refractivity contribution in [3.8, 4) is 11.5 Å². The van der Waals surface area contributed by atoms with Crippen molar-refractivity contribution in [3.63, 3.8) is 0 Å². The number of aliphatic hydroxyl groups excluding tert-OH is 1. The summed E-state index contributed by atoms with van der Waals surface area (Å²) in [5, 5.41) is 21.4. The van der Waals surface area contributed by atoms with E-state index >= 15 is 0 Å². The average molecular weight is 422 g/mol. The van der Waals surface area contributed by atoms with Gasteiger partial charge in [0.25, 0.3) is 0 Å². The maximum Gasteiger partial charge on any atom is 0.138 e. The van der Waals surface area contributed by atoms with Crippen molar-refractivity contribution in [1.29, 1.82) is 0 Å². The number of aromatic hydroxyl groups is 1. The van der Waals surface area contributed by atoms with Crippen molar-refractivity contribution < 1.29 is 19.4 Å². The number of phenols is 1. The fraction of sp³-hybridized carbons (Fsp3) is 0.238. The van der Waals surface area contributed by atoms with E-state index in [2.05, 4.69) is 0 Å². The molecule has 0 aliphatic carbocycles. The molecule has 0 unspecified atom stereocenters. The Morgan fingerprint density at radius 1 is 1.04 bits per heavy atom. The lowest BCUT2D eigenvalue weighted by Crippen LogP contribution is -2.35. The molecule has 0 aliphatic rings. The summed E-state index contributed by atoms with van der Waals surface area (Å²) in [6, 6.07) is 15.7. The zero-order chi connectivity index (χ0) is 19.9. The summed E-state index contributed by atoms with van der Waals surface area (Å²) in [5.41, 5.74) is 0.767. The maximum absolute atomic E-state index is 10.5. The molecule has 0 spiro atoms. The van der Waals surface area contributed by atoms with Gasteiger partial charge in [-0.3, -0.25) is 4.90 Å². The third-order valence-electron chi connectivity index (χ3n) is 4.14. The number of hydrogen-bond acceptors (Lipinski definition) is 5. The molecule has 1 aromatic heterocycles. The first kappa shape index (κ1) is 20.6. The van der Waals surface area contributed by atoms with Crippen LogP contribution in [0.15, 0.2) is 65.3 Å². The van der Waals surface area contributed by atoms with Gasteiger partial charge in [-0.25, -0.2) is 0 Å². The Morgan fingerprint density at radius 3 is 2.57 bits per heavy atom. The summed E-state index contributed by atoms with van der Waals surface area (Å²) in [7, 11) is 0. The van der Waals surface area contributed by atoms with Gasteiger partial charge in [-0.2, -0.15) is 0 Å². The van der Waals surface area contributed by atoms with Crippen molar-refractivity contribution in [3.05, 3.63) is 82.2 Å². The Kier molecular flexibility index (Phi) is 7.23.